The first kappa shape index (κ1) is 18.4. The Balaban J connectivity index is 1.51. The van der Waals surface area contributed by atoms with Crippen LogP contribution in [0.2, 0.25) is 0 Å². The highest BCUT2D eigenvalue weighted by molar-refractivity contribution is 5.90. The van der Waals surface area contributed by atoms with Crippen molar-refractivity contribution in [2.24, 2.45) is 10.7 Å². The first-order valence-corrected chi connectivity index (χ1v) is 8.79. The molecule has 0 fully saturated rings. The van der Waals surface area contributed by atoms with Crippen molar-refractivity contribution < 1.29 is 4.74 Å². The van der Waals surface area contributed by atoms with E-state index in [-0.39, 0.29) is 0 Å². The van der Waals surface area contributed by atoms with Gasteiger partial charge in [-0.25, -0.2) is 9.97 Å². The third kappa shape index (κ3) is 5.81. The van der Waals surface area contributed by atoms with Crippen molar-refractivity contribution in [1.29, 1.82) is 0 Å². The van der Waals surface area contributed by atoms with Crippen LogP contribution in [-0.4, -0.2) is 22.5 Å². The Hall–Kier alpha value is -3.41. The van der Waals surface area contributed by atoms with Gasteiger partial charge in [0, 0.05) is 17.9 Å². The summed E-state index contributed by atoms with van der Waals surface area (Å²) in [5.74, 6) is 2.41. The zero-order valence-corrected chi connectivity index (χ0v) is 15.5. The number of nitrogens with zero attached hydrogens (tertiary/aromatic N) is 3. The Labute approximate surface area is 159 Å². The van der Waals surface area contributed by atoms with Crippen molar-refractivity contribution in [3.63, 3.8) is 0 Å². The Bertz CT molecular complexity index is 887. The average molecular weight is 361 g/mol. The summed E-state index contributed by atoms with van der Waals surface area (Å²) in [7, 11) is 0. The van der Waals surface area contributed by atoms with Gasteiger partial charge in [-0.1, -0.05) is 30.3 Å². The first-order valence-electron chi connectivity index (χ1n) is 8.79. The average Bonchev–Trinajstić information content (AvgIpc) is 2.63. The van der Waals surface area contributed by atoms with Crippen molar-refractivity contribution in [1.82, 2.24) is 9.97 Å². The molecule has 0 saturated carbocycles. The fourth-order valence-electron chi connectivity index (χ4n) is 2.59. The molecular formula is C21H23N5O. The quantitative estimate of drug-likeness (QED) is 0.514. The Morgan fingerprint density at radius 1 is 0.963 bits per heavy atom. The van der Waals surface area contributed by atoms with Gasteiger partial charge in [0.05, 0.1) is 0 Å². The van der Waals surface area contributed by atoms with Gasteiger partial charge in [-0.05, 0) is 56.2 Å². The summed E-state index contributed by atoms with van der Waals surface area (Å²) in [5, 5.41) is 2.93. The van der Waals surface area contributed by atoms with Gasteiger partial charge in [0.2, 0.25) is 5.95 Å². The molecule has 3 N–H and O–H groups in total. The molecule has 0 amide bonds. The summed E-state index contributed by atoms with van der Waals surface area (Å²) >= 11 is 0. The molecule has 1 heterocycles. The van der Waals surface area contributed by atoms with E-state index in [9.17, 15) is 0 Å². The second kappa shape index (κ2) is 8.80. The number of aliphatic imine (C=N–C) groups is 1. The molecule has 138 valence electrons. The van der Waals surface area contributed by atoms with E-state index in [1.54, 1.807) is 0 Å². The smallest absolute Gasteiger partial charge is 0.229 e. The van der Waals surface area contributed by atoms with Crippen LogP contribution in [0.4, 0.5) is 5.95 Å². The van der Waals surface area contributed by atoms with Gasteiger partial charge in [0.15, 0.2) is 5.96 Å². The number of ether oxygens (including phenoxy) is 1. The van der Waals surface area contributed by atoms with Gasteiger partial charge in [-0.3, -0.25) is 10.3 Å². The number of aryl methyl sites for hydroxylation is 2. The van der Waals surface area contributed by atoms with Gasteiger partial charge in [0.1, 0.15) is 11.5 Å². The molecule has 27 heavy (non-hydrogen) atoms. The molecular weight excluding hydrogens is 338 g/mol. The van der Waals surface area contributed by atoms with Crippen LogP contribution in [0.5, 0.6) is 11.5 Å². The maximum atomic E-state index is 5.92. The number of para-hydroxylation sites is 1. The monoisotopic (exact) mass is 361 g/mol. The van der Waals surface area contributed by atoms with E-state index in [1.807, 2.05) is 74.5 Å². The zero-order chi connectivity index (χ0) is 19.1. The number of hydrogen-bond donors (Lipinski definition) is 2. The molecule has 0 aliphatic heterocycles. The number of nitrogens with one attached hydrogen (secondary N) is 1. The number of nitrogens with two attached hydrogens (primary N) is 1. The Morgan fingerprint density at radius 2 is 1.59 bits per heavy atom. The van der Waals surface area contributed by atoms with Crippen LogP contribution in [-0.2, 0) is 6.42 Å². The van der Waals surface area contributed by atoms with Crippen LogP contribution in [0.25, 0.3) is 0 Å². The van der Waals surface area contributed by atoms with E-state index in [1.165, 1.54) is 0 Å². The third-order valence-electron chi connectivity index (χ3n) is 3.81. The molecule has 0 unspecified atom stereocenters. The summed E-state index contributed by atoms with van der Waals surface area (Å²) in [4.78, 5) is 12.9. The number of hydrogen-bond acceptors (Lipinski definition) is 4. The fourth-order valence-corrected chi connectivity index (χ4v) is 2.59. The molecule has 0 aliphatic rings. The standard InChI is InChI=1S/C21H23N5O/c1-15-14-16(2)25-21(24-15)26-20(22)23-13-12-17-8-10-19(11-9-17)27-18-6-4-3-5-7-18/h3-11,14H,12-13H2,1-2H3,(H3,22,23,24,25,26). The van der Waals surface area contributed by atoms with E-state index in [4.69, 9.17) is 10.5 Å². The minimum absolute atomic E-state index is 0.309. The van der Waals surface area contributed by atoms with Crippen LogP contribution in [0, 0.1) is 13.8 Å². The van der Waals surface area contributed by atoms with E-state index >= 15 is 0 Å². The Kier molecular flexibility index (Phi) is 5.99. The molecule has 0 spiro atoms. The van der Waals surface area contributed by atoms with Crippen molar-refractivity contribution in [3.8, 4) is 11.5 Å². The molecule has 0 saturated heterocycles. The summed E-state index contributed by atoms with van der Waals surface area (Å²) in [5.41, 5.74) is 8.85. The van der Waals surface area contributed by atoms with Crippen molar-refractivity contribution in [3.05, 3.63) is 77.6 Å². The highest BCUT2D eigenvalue weighted by atomic mass is 16.5. The van der Waals surface area contributed by atoms with Gasteiger partial charge < -0.3 is 10.5 Å². The first-order chi connectivity index (χ1) is 13.1. The number of benzene rings is 2. The number of anilines is 1. The minimum Gasteiger partial charge on any atom is -0.457 e. The number of rotatable bonds is 6. The van der Waals surface area contributed by atoms with Gasteiger partial charge >= 0.3 is 0 Å². The van der Waals surface area contributed by atoms with Crippen LogP contribution in [0.1, 0.15) is 17.0 Å². The lowest BCUT2D eigenvalue weighted by atomic mass is 10.1. The molecule has 1 aromatic heterocycles. The topological polar surface area (TPSA) is 85.4 Å². The molecule has 0 aliphatic carbocycles. The highest BCUT2D eigenvalue weighted by Crippen LogP contribution is 2.21. The SMILES string of the molecule is Cc1cc(C)nc(NC(N)=NCCc2ccc(Oc3ccccc3)cc2)n1. The molecule has 0 bridgehead atoms. The minimum atomic E-state index is 0.309. The van der Waals surface area contributed by atoms with Crippen molar-refractivity contribution >= 4 is 11.9 Å². The molecule has 6 heteroatoms. The number of aromatic nitrogens is 2. The van der Waals surface area contributed by atoms with Crippen LogP contribution >= 0.6 is 0 Å². The lowest BCUT2D eigenvalue weighted by molar-refractivity contribution is 0.482. The maximum absolute atomic E-state index is 5.92. The van der Waals surface area contributed by atoms with E-state index in [0.29, 0.717) is 18.5 Å². The summed E-state index contributed by atoms with van der Waals surface area (Å²) in [6.07, 6.45) is 0.779. The highest BCUT2D eigenvalue weighted by Gasteiger charge is 2.01. The van der Waals surface area contributed by atoms with E-state index < -0.39 is 0 Å². The zero-order valence-electron chi connectivity index (χ0n) is 15.5. The lowest BCUT2D eigenvalue weighted by Gasteiger charge is -2.07. The van der Waals surface area contributed by atoms with Gasteiger partial charge in [-0.15, -0.1) is 0 Å². The second-order valence-electron chi connectivity index (χ2n) is 6.18. The van der Waals surface area contributed by atoms with E-state index in [0.717, 1.165) is 34.9 Å². The summed E-state index contributed by atoms with van der Waals surface area (Å²) < 4.78 is 5.79. The van der Waals surface area contributed by atoms with Crippen LogP contribution < -0.4 is 15.8 Å². The largest absolute Gasteiger partial charge is 0.457 e. The molecule has 0 atom stereocenters. The molecule has 6 nitrogen and oxygen atoms in total. The third-order valence-corrected chi connectivity index (χ3v) is 3.81. The van der Waals surface area contributed by atoms with Crippen LogP contribution in [0.15, 0.2) is 65.7 Å². The van der Waals surface area contributed by atoms with Gasteiger partial charge in [-0.2, -0.15) is 0 Å². The summed E-state index contributed by atoms with van der Waals surface area (Å²) in [6.45, 7) is 4.40. The lowest BCUT2D eigenvalue weighted by Crippen LogP contribution is -2.24. The normalized spacial score (nSPS) is 11.3. The van der Waals surface area contributed by atoms with Crippen LogP contribution in [0.3, 0.4) is 0 Å². The maximum Gasteiger partial charge on any atom is 0.229 e. The Morgan fingerprint density at radius 3 is 2.26 bits per heavy atom. The van der Waals surface area contributed by atoms with Gasteiger partial charge in [0.25, 0.3) is 0 Å². The molecule has 2 aromatic carbocycles. The fraction of sp³-hybridized carbons (Fsp3) is 0.190. The van der Waals surface area contributed by atoms with E-state index in [2.05, 4.69) is 20.3 Å². The predicted octanol–water partition coefficient (Wildman–Crippen LogP) is 3.86. The molecule has 3 aromatic rings. The molecule has 3 rings (SSSR count). The summed E-state index contributed by atoms with van der Waals surface area (Å²) in [6, 6.07) is 19.6. The molecule has 0 radical (unpaired) electrons. The number of guanidine groups is 1. The van der Waals surface area contributed by atoms with Crippen molar-refractivity contribution in [2.45, 2.75) is 20.3 Å². The predicted molar refractivity (Wildman–Crippen MR) is 108 cm³/mol. The van der Waals surface area contributed by atoms with Crippen molar-refractivity contribution in [2.75, 3.05) is 11.9 Å². The second-order valence-corrected chi connectivity index (χ2v) is 6.18.